The maximum Gasteiger partial charge on any atom is 0.0907 e. The maximum atomic E-state index is 6.67. The second-order valence-corrected chi connectivity index (χ2v) is 7.16. The zero-order chi connectivity index (χ0) is 17.2. The summed E-state index contributed by atoms with van der Waals surface area (Å²) in [7, 11) is 0. The molecule has 4 heteroatoms. The molecule has 3 atom stereocenters. The molecule has 1 fully saturated rings. The summed E-state index contributed by atoms with van der Waals surface area (Å²) in [5.41, 5.74) is 10.2. The number of rotatable bonds is 4. The molecule has 4 rings (SSSR count). The van der Waals surface area contributed by atoms with Gasteiger partial charge in [0.05, 0.1) is 18.5 Å². The van der Waals surface area contributed by atoms with Crippen molar-refractivity contribution >= 4 is 15.9 Å². The molecule has 3 aromatic carbocycles. The first-order valence-electron chi connectivity index (χ1n) is 8.38. The monoisotopic (exact) mass is 393 g/mol. The van der Waals surface area contributed by atoms with E-state index in [1.54, 1.807) is 0 Å². The van der Waals surface area contributed by atoms with Crippen molar-refractivity contribution in [3.63, 3.8) is 0 Å². The quantitative estimate of drug-likeness (QED) is 0.674. The lowest BCUT2D eigenvalue weighted by atomic mass is 9.98. The highest BCUT2D eigenvalue weighted by Gasteiger charge is 2.43. The molecule has 0 amide bonds. The van der Waals surface area contributed by atoms with Crippen LogP contribution < -0.4 is 11.1 Å². The predicted molar refractivity (Wildman–Crippen MR) is 104 cm³/mol. The van der Waals surface area contributed by atoms with Crippen LogP contribution in [-0.4, -0.2) is 4.90 Å². The number of halogens is 1. The fourth-order valence-corrected chi connectivity index (χ4v) is 3.80. The fraction of sp³-hybridized carbons (Fsp3) is 0.143. The van der Waals surface area contributed by atoms with Crippen LogP contribution in [0.3, 0.4) is 0 Å². The van der Waals surface area contributed by atoms with Crippen molar-refractivity contribution < 1.29 is 0 Å². The van der Waals surface area contributed by atoms with Crippen molar-refractivity contribution in [3.8, 4) is 0 Å². The Bertz CT molecular complexity index is 797. The molecule has 1 aliphatic rings. The molecule has 0 bridgehead atoms. The first-order chi connectivity index (χ1) is 12.2. The van der Waals surface area contributed by atoms with E-state index in [2.05, 4.69) is 80.7 Å². The number of hydrogen-bond acceptors (Lipinski definition) is 3. The van der Waals surface area contributed by atoms with E-state index < -0.39 is 0 Å². The average molecular weight is 394 g/mol. The third kappa shape index (κ3) is 3.26. The van der Waals surface area contributed by atoms with Crippen LogP contribution in [0.1, 0.15) is 35.2 Å². The third-order valence-corrected chi connectivity index (χ3v) is 5.15. The second-order valence-electron chi connectivity index (χ2n) is 6.24. The van der Waals surface area contributed by atoms with Gasteiger partial charge in [0, 0.05) is 4.47 Å². The molecular formula is C21H20BrN3. The van der Waals surface area contributed by atoms with Crippen LogP contribution >= 0.6 is 15.9 Å². The summed E-state index contributed by atoms with van der Waals surface area (Å²) in [4.78, 5) is 2.33. The van der Waals surface area contributed by atoms with Crippen molar-refractivity contribution in [1.82, 2.24) is 10.2 Å². The van der Waals surface area contributed by atoms with Gasteiger partial charge in [0.2, 0.25) is 0 Å². The van der Waals surface area contributed by atoms with Gasteiger partial charge in [-0.15, -0.1) is 0 Å². The molecule has 2 unspecified atom stereocenters. The van der Waals surface area contributed by atoms with Crippen LogP contribution in [0.2, 0.25) is 0 Å². The standard InChI is InChI=1S/C21H20BrN3/c22-18-13-7-12-17(14-18)21-24-20(16-10-5-2-6-11-16)25(21)19(23)15-8-3-1-4-9-15/h1-14,19-21,24H,23H2/t19?,20-,21?/m0/s1. The third-order valence-electron chi connectivity index (χ3n) is 4.65. The van der Waals surface area contributed by atoms with E-state index in [4.69, 9.17) is 5.73 Å². The molecule has 0 spiro atoms. The Morgan fingerprint density at radius 3 is 2.08 bits per heavy atom. The summed E-state index contributed by atoms with van der Waals surface area (Å²) >= 11 is 3.57. The molecule has 126 valence electrons. The lowest BCUT2D eigenvalue weighted by Crippen LogP contribution is -2.60. The summed E-state index contributed by atoms with van der Waals surface area (Å²) in [6, 6.07) is 29.1. The first-order valence-corrected chi connectivity index (χ1v) is 9.18. The van der Waals surface area contributed by atoms with E-state index in [0.29, 0.717) is 0 Å². The Balaban J connectivity index is 1.69. The van der Waals surface area contributed by atoms with E-state index in [1.165, 1.54) is 11.1 Å². The first kappa shape index (κ1) is 16.5. The molecule has 3 aromatic rings. The van der Waals surface area contributed by atoms with Gasteiger partial charge in [0.15, 0.2) is 0 Å². The lowest BCUT2D eigenvalue weighted by molar-refractivity contribution is -0.0687. The molecule has 3 nitrogen and oxygen atoms in total. The number of hydrogen-bond donors (Lipinski definition) is 2. The summed E-state index contributed by atoms with van der Waals surface area (Å²) in [5.74, 6) is 0. The Morgan fingerprint density at radius 1 is 0.800 bits per heavy atom. The van der Waals surface area contributed by atoms with Gasteiger partial charge in [0.25, 0.3) is 0 Å². The van der Waals surface area contributed by atoms with Gasteiger partial charge in [-0.25, -0.2) is 4.90 Å². The second kappa shape index (κ2) is 7.10. The molecule has 0 aromatic heterocycles. The molecule has 1 heterocycles. The molecule has 0 saturated carbocycles. The molecule has 3 N–H and O–H groups in total. The van der Waals surface area contributed by atoms with Crippen molar-refractivity contribution in [3.05, 3.63) is 106 Å². The number of nitrogens with zero attached hydrogens (tertiary/aromatic N) is 1. The highest BCUT2D eigenvalue weighted by atomic mass is 79.9. The summed E-state index contributed by atoms with van der Waals surface area (Å²) < 4.78 is 1.07. The number of nitrogens with two attached hydrogens (primary N) is 1. The Kier molecular flexibility index (Phi) is 4.68. The van der Waals surface area contributed by atoms with Gasteiger partial charge in [0.1, 0.15) is 0 Å². The van der Waals surface area contributed by atoms with Crippen molar-refractivity contribution in [2.75, 3.05) is 0 Å². The average Bonchev–Trinajstić information content (AvgIpc) is 2.63. The Morgan fingerprint density at radius 2 is 1.40 bits per heavy atom. The minimum absolute atomic E-state index is 0.0814. The molecule has 25 heavy (non-hydrogen) atoms. The van der Waals surface area contributed by atoms with Crippen LogP contribution in [-0.2, 0) is 0 Å². The van der Waals surface area contributed by atoms with E-state index >= 15 is 0 Å². The van der Waals surface area contributed by atoms with E-state index in [-0.39, 0.29) is 18.5 Å². The summed E-state index contributed by atoms with van der Waals surface area (Å²) in [6.07, 6.45) is -0.00469. The van der Waals surface area contributed by atoms with E-state index in [0.717, 1.165) is 10.0 Å². The summed E-state index contributed by atoms with van der Waals surface area (Å²) in [6.45, 7) is 0. The normalized spacial score (nSPS) is 21.5. The Labute approximate surface area is 156 Å². The van der Waals surface area contributed by atoms with Crippen molar-refractivity contribution in [2.45, 2.75) is 18.5 Å². The smallest absolute Gasteiger partial charge is 0.0907 e. The minimum atomic E-state index is -0.184. The van der Waals surface area contributed by atoms with Crippen LogP contribution in [0.5, 0.6) is 0 Å². The predicted octanol–water partition coefficient (Wildman–Crippen LogP) is 4.71. The highest BCUT2D eigenvalue weighted by molar-refractivity contribution is 9.10. The van der Waals surface area contributed by atoms with Crippen LogP contribution in [0, 0.1) is 0 Å². The van der Waals surface area contributed by atoms with Crippen LogP contribution in [0.4, 0.5) is 0 Å². The molecule has 1 aliphatic heterocycles. The van der Waals surface area contributed by atoms with Gasteiger partial charge < -0.3 is 5.73 Å². The van der Waals surface area contributed by atoms with Gasteiger partial charge in [-0.2, -0.15) is 0 Å². The van der Waals surface area contributed by atoms with Gasteiger partial charge >= 0.3 is 0 Å². The molecule has 0 radical (unpaired) electrons. The van der Waals surface area contributed by atoms with Crippen molar-refractivity contribution in [2.24, 2.45) is 5.73 Å². The zero-order valence-electron chi connectivity index (χ0n) is 13.7. The lowest BCUT2D eigenvalue weighted by Gasteiger charge is -2.53. The van der Waals surface area contributed by atoms with E-state index in [1.807, 2.05) is 30.3 Å². The van der Waals surface area contributed by atoms with Crippen LogP contribution in [0.15, 0.2) is 89.4 Å². The van der Waals surface area contributed by atoms with Gasteiger partial charge in [-0.05, 0) is 28.8 Å². The van der Waals surface area contributed by atoms with Gasteiger partial charge in [-0.3, -0.25) is 5.32 Å². The Hall–Kier alpha value is -1.98. The molecule has 0 aliphatic carbocycles. The number of nitrogens with one attached hydrogen (secondary N) is 1. The minimum Gasteiger partial charge on any atom is -0.312 e. The SMILES string of the molecule is NC(c1ccccc1)N1C(c2cccc(Br)c2)N[C@@H]1c1ccccc1. The topological polar surface area (TPSA) is 41.3 Å². The fourth-order valence-electron chi connectivity index (χ4n) is 3.38. The van der Waals surface area contributed by atoms with E-state index in [9.17, 15) is 0 Å². The molecule has 1 saturated heterocycles. The molecular weight excluding hydrogens is 374 g/mol. The largest absolute Gasteiger partial charge is 0.312 e. The number of benzene rings is 3. The van der Waals surface area contributed by atoms with Gasteiger partial charge in [-0.1, -0.05) is 88.7 Å². The van der Waals surface area contributed by atoms with Crippen LogP contribution in [0.25, 0.3) is 0 Å². The highest BCUT2D eigenvalue weighted by Crippen LogP contribution is 2.43. The zero-order valence-corrected chi connectivity index (χ0v) is 15.3. The van der Waals surface area contributed by atoms with Crippen molar-refractivity contribution in [1.29, 1.82) is 0 Å². The maximum absolute atomic E-state index is 6.67. The summed E-state index contributed by atoms with van der Waals surface area (Å²) in [5, 5.41) is 3.67.